The van der Waals surface area contributed by atoms with Crippen LogP contribution in [0.2, 0.25) is 10.0 Å². The first-order valence-corrected chi connectivity index (χ1v) is 6.74. The maximum absolute atomic E-state index is 10.6. The first-order valence-electron chi connectivity index (χ1n) is 5.98. The van der Waals surface area contributed by atoms with Crippen LogP contribution in [-0.2, 0) is 11.2 Å². The minimum absolute atomic E-state index is 0. The summed E-state index contributed by atoms with van der Waals surface area (Å²) >= 11 is 11.8. The van der Waals surface area contributed by atoms with Crippen molar-refractivity contribution in [3.05, 3.63) is 75.3 Å². The molecule has 5 heteroatoms. The molecule has 2 aromatic carbocycles. The van der Waals surface area contributed by atoms with Gasteiger partial charge in [-0.15, -0.1) is 0 Å². The molecule has 0 heterocycles. The van der Waals surface area contributed by atoms with E-state index in [1.165, 1.54) is 0 Å². The first kappa shape index (κ1) is 18.3. The summed E-state index contributed by atoms with van der Waals surface area (Å²) in [6, 6.07) is 13.0. The Hall–Kier alpha value is -0.770. The molecule has 2 rings (SSSR count). The maximum Gasteiger partial charge on any atom is 1.00 e. The molecule has 2 aromatic rings. The third kappa shape index (κ3) is 5.85. The third-order valence-electron chi connectivity index (χ3n) is 2.82. The van der Waals surface area contributed by atoms with Gasteiger partial charge in [0.05, 0.1) is 0 Å². The standard InChI is InChI=1S/C16H12Cl2O2.Na.H/c17-14-5-1-11(2-6-14)9-12-3-7-15(18)10-13(12)4-8-16(19)20;;/h1-8,10H,9H2,(H,19,20);;/q;+1;-1. The number of hydrogen-bond acceptors (Lipinski definition) is 1. The summed E-state index contributed by atoms with van der Waals surface area (Å²) in [7, 11) is 0. The molecule has 0 saturated carbocycles. The SMILES string of the molecule is O=C(O)C=Cc1cc(Cl)ccc1Cc1ccc(Cl)cc1.[H-].[Na+]. The van der Waals surface area contributed by atoms with Gasteiger partial charge >= 0.3 is 35.5 Å². The molecule has 0 bridgehead atoms. The van der Waals surface area contributed by atoms with Crippen LogP contribution in [0.15, 0.2) is 48.5 Å². The van der Waals surface area contributed by atoms with Crippen LogP contribution in [0, 0.1) is 0 Å². The van der Waals surface area contributed by atoms with Crippen molar-refractivity contribution in [2.45, 2.75) is 6.42 Å². The van der Waals surface area contributed by atoms with Crippen molar-refractivity contribution in [1.29, 1.82) is 0 Å². The molecule has 21 heavy (non-hydrogen) atoms. The van der Waals surface area contributed by atoms with Gasteiger partial charge in [-0.05, 0) is 53.5 Å². The number of hydrogen-bond donors (Lipinski definition) is 1. The van der Waals surface area contributed by atoms with E-state index in [1.54, 1.807) is 18.2 Å². The predicted molar refractivity (Wildman–Crippen MR) is 83.5 cm³/mol. The number of aliphatic carboxylic acids is 1. The van der Waals surface area contributed by atoms with Gasteiger partial charge in [0, 0.05) is 16.1 Å². The van der Waals surface area contributed by atoms with E-state index in [1.807, 2.05) is 30.3 Å². The molecule has 0 amide bonds. The summed E-state index contributed by atoms with van der Waals surface area (Å²) in [6.07, 6.45) is 3.35. The fraction of sp³-hybridized carbons (Fsp3) is 0.0625. The van der Waals surface area contributed by atoms with Crippen LogP contribution >= 0.6 is 23.2 Å². The average molecular weight is 331 g/mol. The molecule has 0 aliphatic heterocycles. The number of carbonyl (C=O) groups is 1. The molecule has 0 atom stereocenters. The Labute approximate surface area is 157 Å². The zero-order chi connectivity index (χ0) is 14.5. The Bertz CT molecular complexity index is 658. The fourth-order valence-corrected chi connectivity index (χ4v) is 2.17. The second-order valence-electron chi connectivity index (χ2n) is 4.32. The second kappa shape index (κ2) is 8.62. The van der Waals surface area contributed by atoms with E-state index < -0.39 is 5.97 Å². The van der Waals surface area contributed by atoms with Crippen molar-refractivity contribution in [2.75, 3.05) is 0 Å². The Morgan fingerprint density at radius 3 is 2.33 bits per heavy atom. The van der Waals surface area contributed by atoms with E-state index in [9.17, 15) is 4.79 Å². The smallest absolute Gasteiger partial charge is 1.00 e. The van der Waals surface area contributed by atoms with E-state index in [4.69, 9.17) is 28.3 Å². The van der Waals surface area contributed by atoms with E-state index >= 15 is 0 Å². The maximum atomic E-state index is 10.6. The monoisotopic (exact) mass is 330 g/mol. The van der Waals surface area contributed by atoms with Crippen molar-refractivity contribution < 1.29 is 40.9 Å². The average Bonchev–Trinajstić information content (AvgIpc) is 2.41. The molecule has 0 spiro atoms. The van der Waals surface area contributed by atoms with Gasteiger partial charge in [-0.25, -0.2) is 4.79 Å². The molecule has 1 N–H and O–H groups in total. The van der Waals surface area contributed by atoms with E-state index in [0.717, 1.165) is 22.8 Å². The van der Waals surface area contributed by atoms with Crippen LogP contribution in [0.25, 0.3) is 6.08 Å². The molecular weight excluding hydrogens is 318 g/mol. The van der Waals surface area contributed by atoms with Crippen LogP contribution in [0.1, 0.15) is 18.1 Å². The molecule has 0 aliphatic rings. The molecule has 0 unspecified atom stereocenters. The Morgan fingerprint density at radius 1 is 1.10 bits per heavy atom. The van der Waals surface area contributed by atoms with E-state index in [0.29, 0.717) is 16.5 Å². The van der Waals surface area contributed by atoms with Crippen LogP contribution in [-0.4, -0.2) is 11.1 Å². The fourth-order valence-electron chi connectivity index (χ4n) is 1.87. The Morgan fingerprint density at radius 2 is 1.71 bits per heavy atom. The topological polar surface area (TPSA) is 37.3 Å². The van der Waals surface area contributed by atoms with Crippen LogP contribution in [0.5, 0.6) is 0 Å². The number of carboxylic acids is 1. The van der Waals surface area contributed by atoms with Gasteiger partial charge in [-0.1, -0.05) is 41.4 Å². The quantitative estimate of drug-likeness (QED) is 0.685. The van der Waals surface area contributed by atoms with Gasteiger partial charge in [0.1, 0.15) is 0 Å². The number of halogens is 2. The Kier molecular flexibility index (Phi) is 7.50. The van der Waals surface area contributed by atoms with Crippen molar-refractivity contribution in [3.8, 4) is 0 Å². The summed E-state index contributed by atoms with van der Waals surface area (Å²) < 4.78 is 0. The van der Waals surface area contributed by atoms with Crippen LogP contribution in [0.4, 0.5) is 0 Å². The minimum atomic E-state index is -0.984. The predicted octanol–water partition coefficient (Wildman–Crippen LogP) is 1.80. The summed E-state index contributed by atoms with van der Waals surface area (Å²) in [5.74, 6) is -0.984. The molecule has 0 fully saturated rings. The molecule has 0 radical (unpaired) electrons. The summed E-state index contributed by atoms with van der Waals surface area (Å²) in [4.78, 5) is 10.6. The van der Waals surface area contributed by atoms with Gasteiger partial charge in [-0.2, -0.15) is 0 Å². The van der Waals surface area contributed by atoms with Gasteiger partial charge in [0.15, 0.2) is 0 Å². The van der Waals surface area contributed by atoms with E-state index in [2.05, 4.69) is 0 Å². The van der Waals surface area contributed by atoms with Crippen LogP contribution in [0.3, 0.4) is 0 Å². The van der Waals surface area contributed by atoms with Crippen molar-refractivity contribution in [2.24, 2.45) is 0 Å². The molecule has 0 aliphatic carbocycles. The minimum Gasteiger partial charge on any atom is -1.00 e. The number of carboxylic acid groups (broad SMARTS) is 1. The third-order valence-corrected chi connectivity index (χ3v) is 3.31. The largest absolute Gasteiger partial charge is 1.00 e. The number of benzene rings is 2. The molecule has 0 saturated heterocycles. The normalized spacial score (nSPS) is 10.4. The summed E-state index contributed by atoms with van der Waals surface area (Å²) in [5.41, 5.74) is 2.91. The van der Waals surface area contributed by atoms with Crippen molar-refractivity contribution in [3.63, 3.8) is 0 Å². The van der Waals surface area contributed by atoms with Crippen LogP contribution < -0.4 is 29.6 Å². The summed E-state index contributed by atoms with van der Waals surface area (Å²) in [6.45, 7) is 0. The molecule has 2 nitrogen and oxygen atoms in total. The van der Waals surface area contributed by atoms with Gasteiger partial charge in [-0.3, -0.25) is 0 Å². The van der Waals surface area contributed by atoms with Crippen molar-refractivity contribution >= 4 is 35.2 Å². The zero-order valence-electron chi connectivity index (χ0n) is 12.5. The van der Waals surface area contributed by atoms with Gasteiger partial charge < -0.3 is 6.53 Å². The Balaban J connectivity index is 0.00000220. The van der Waals surface area contributed by atoms with Gasteiger partial charge in [0.2, 0.25) is 0 Å². The second-order valence-corrected chi connectivity index (χ2v) is 5.19. The first-order chi connectivity index (χ1) is 9.54. The summed E-state index contributed by atoms with van der Waals surface area (Å²) in [5, 5.41) is 9.99. The molecular formula is C16H13Cl2NaO2. The molecule has 104 valence electrons. The van der Waals surface area contributed by atoms with E-state index in [-0.39, 0.29) is 31.0 Å². The number of rotatable bonds is 4. The zero-order valence-corrected chi connectivity index (χ0v) is 15.0. The van der Waals surface area contributed by atoms with Gasteiger partial charge in [0.25, 0.3) is 0 Å². The van der Waals surface area contributed by atoms with Crippen molar-refractivity contribution in [1.82, 2.24) is 0 Å². The molecule has 0 aromatic heterocycles.